The van der Waals surface area contributed by atoms with Crippen molar-refractivity contribution in [1.29, 1.82) is 5.41 Å². The first-order valence-corrected chi connectivity index (χ1v) is 18.9. The lowest BCUT2D eigenvalue weighted by molar-refractivity contribution is -0.137. The maximum atomic E-state index is 17.1. The molecule has 292 valence electrons. The van der Waals surface area contributed by atoms with E-state index in [0.29, 0.717) is 30.7 Å². The number of hydrogen-bond donors (Lipinski definition) is 2. The molecule has 0 saturated carbocycles. The van der Waals surface area contributed by atoms with E-state index in [-0.39, 0.29) is 81.1 Å². The smallest absolute Gasteiger partial charge is 0.416 e. The van der Waals surface area contributed by atoms with Crippen LogP contribution in [0.25, 0.3) is 32.9 Å². The highest BCUT2D eigenvalue weighted by Gasteiger charge is 2.46. The van der Waals surface area contributed by atoms with Gasteiger partial charge in [-0.2, -0.15) is 23.1 Å². The topological polar surface area (TPSA) is 119 Å². The standard InChI is InChI=1S/C42H36F5N7O3/c1-2-29-32(43)12-7-24-17-28(55)18-30(33(24)29)36-34(44)37-31(19-49-36)38(51-40(50-37)57-22-41-13-3-15-53(41)16-4-14-41)52-20-26-10-11-27(21-52)54(26)39(56)35(48)23-5-8-25(9-6-23)42(45,46)47/h1,5-9,12,17-19,26-27,48,55H,3-4,10-11,13-16,20-22H2. The number of carbonyl (C=O) groups excluding carboxylic acids is 1. The van der Waals surface area contributed by atoms with Gasteiger partial charge in [0.05, 0.1) is 34.1 Å². The summed E-state index contributed by atoms with van der Waals surface area (Å²) in [5.74, 6) is 0.346. The molecule has 3 aromatic carbocycles. The van der Waals surface area contributed by atoms with Gasteiger partial charge in [-0.3, -0.25) is 20.1 Å². The van der Waals surface area contributed by atoms with Gasteiger partial charge in [0.2, 0.25) is 0 Å². The average Bonchev–Trinajstić information content (AvgIpc) is 3.86. The van der Waals surface area contributed by atoms with Crippen LogP contribution in [0.2, 0.25) is 0 Å². The quantitative estimate of drug-likeness (QED) is 0.102. The van der Waals surface area contributed by atoms with Crippen molar-refractivity contribution in [2.45, 2.75) is 62.3 Å². The fourth-order valence-electron chi connectivity index (χ4n) is 9.41. The van der Waals surface area contributed by atoms with Crippen LogP contribution in [0.3, 0.4) is 0 Å². The number of phenolic OH excluding ortho intramolecular Hbond substituents is 1. The number of amides is 1. The maximum absolute atomic E-state index is 17.1. The number of halogens is 5. The number of carbonyl (C=O) groups is 1. The van der Waals surface area contributed by atoms with Gasteiger partial charge in [0.15, 0.2) is 5.82 Å². The number of aromatic nitrogens is 3. The van der Waals surface area contributed by atoms with Gasteiger partial charge in [-0.25, -0.2) is 8.78 Å². The van der Waals surface area contributed by atoms with Crippen molar-refractivity contribution in [3.63, 3.8) is 0 Å². The largest absolute Gasteiger partial charge is 0.508 e. The summed E-state index contributed by atoms with van der Waals surface area (Å²) in [5.41, 5.74) is -1.73. The molecule has 57 heavy (non-hydrogen) atoms. The van der Waals surface area contributed by atoms with Crippen molar-refractivity contribution < 1.29 is 36.6 Å². The minimum atomic E-state index is -4.55. The van der Waals surface area contributed by atoms with Crippen molar-refractivity contribution in [3.05, 3.63) is 83.1 Å². The molecule has 2 N–H and O–H groups in total. The molecule has 0 spiro atoms. The number of nitrogens with one attached hydrogen (secondary N) is 1. The second kappa shape index (κ2) is 13.7. The molecule has 0 radical (unpaired) electrons. The van der Waals surface area contributed by atoms with Crippen LogP contribution in [0.1, 0.15) is 55.2 Å². The summed E-state index contributed by atoms with van der Waals surface area (Å²) in [6, 6.07) is 8.48. The lowest BCUT2D eigenvalue weighted by Gasteiger charge is -2.42. The summed E-state index contributed by atoms with van der Waals surface area (Å²) in [6.45, 7) is 2.77. The number of terminal acetylenes is 1. The first-order chi connectivity index (χ1) is 27.3. The summed E-state index contributed by atoms with van der Waals surface area (Å²) in [5, 5.41) is 20.1. The highest BCUT2D eigenvalue weighted by atomic mass is 19.4. The van der Waals surface area contributed by atoms with Gasteiger partial charge in [-0.05, 0) is 87.3 Å². The Hall–Kier alpha value is -5.88. The Kier molecular flexibility index (Phi) is 8.80. The molecule has 4 aliphatic rings. The second-order valence-electron chi connectivity index (χ2n) is 15.3. The molecule has 2 bridgehead atoms. The molecule has 9 rings (SSSR count). The van der Waals surface area contributed by atoms with Gasteiger partial charge in [0.1, 0.15) is 40.9 Å². The first-order valence-electron chi connectivity index (χ1n) is 18.9. The normalized spacial score (nSPS) is 20.3. The number of ether oxygens (including phenoxy) is 1. The Morgan fingerprint density at radius 1 is 1.02 bits per heavy atom. The number of fused-ring (bicyclic) bond motifs is 5. The molecule has 2 aromatic heterocycles. The highest BCUT2D eigenvalue weighted by Crippen LogP contribution is 2.42. The third-order valence-corrected chi connectivity index (χ3v) is 12.1. The number of piperazine rings is 1. The number of aromatic hydroxyl groups is 1. The van der Waals surface area contributed by atoms with E-state index >= 15 is 4.39 Å². The van der Waals surface area contributed by atoms with E-state index in [9.17, 15) is 27.5 Å². The SMILES string of the molecule is C#Cc1c(F)ccc2cc(O)cc(-c3ncc4c(N5CC6CCC(C5)N6C(=O)C(=N)c5ccc(C(F)(F)F)cc5)nc(OCC56CCCN5CCC6)nc4c3F)c12. The Morgan fingerprint density at radius 3 is 2.39 bits per heavy atom. The molecule has 15 heteroatoms. The van der Waals surface area contributed by atoms with Crippen LogP contribution in [-0.2, 0) is 11.0 Å². The number of pyridine rings is 1. The average molecular weight is 782 g/mol. The van der Waals surface area contributed by atoms with Crippen LogP contribution in [-0.4, -0.2) is 91.9 Å². The van der Waals surface area contributed by atoms with E-state index in [1.54, 1.807) is 4.90 Å². The minimum absolute atomic E-state index is 0.0484. The zero-order valence-electron chi connectivity index (χ0n) is 30.5. The Balaban J connectivity index is 1.09. The molecular formula is C42H36F5N7O3. The van der Waals surface area contributed by atoms with Gasteiger partial charge >= 0.3 is 12.2 Å². The molecule has 4 fully saturated rings. The maximum Gasteiger partial charge on any atom is 0.416 e. The molecule has 4 saturated heterocycles. The van der Waals surface area contributed by atoms with Crippen molar-refractivity contribution in [2.75, 3.05) is 37.7 Å². The highest BCUT2D eigenvalue weighted by molar-refractivity contribution is 6.44. The van der Waals surface area contributed by atoms with Crippen LogP contribution in [0.5, 0.6) is 11.8 Å². The predicted octanol–water partition coefficient (Wildman–Crippen LogP) is 7.08. The van der Waals surface area contributed by atoms with Crippen LogP contribution in [0.4, 0.5) is 27.8 Å². The Labute approximate surface area is 323 Å². The lowest BCUT2D eigenvalue weighted by Crippen LogP contribution is -2.57. The van der Waals surface area contributed by atoms with Crippen molar-refractivity contribution >= 4 is 39.1 Å². The van der Waals surface area contributed by atoms with Gasteiger partial charge in [-0.15, -0.1) is 6.42 Å². The number of rotatable bonds is 7. The number of alkyl halides is 3. The Morgan fingerprint density at radius 2 is 1.72 bits per heavy atom. The summed E-state index contributed by atoms with van der Waals surface area (Å²) in [6.07, 6.45) is 7.78. The minimum Gasteiger partial charge on any atom is -0.508 e. The zero-order chi connectivity index (χ0) is 39.8. The fraction of sp³-hybridized carbons (Fsp3) is 0.357. The van der Waals surface area contributed by atoms with Crippen LogP contribution < -0.4 is 9.64 Å². The Bertz CT molecular complexity index is 2500. The molecule has 2 atom stereocenters. The van der Waals surface area contributed by atoms with E-state index < -0.39 is 35.0 Å². The molecule has 2 unspecified atom stereocenters. The van der Waals surface area contributed by atoms with Crippen LogP contribution in [0.15, 0.2) is 54.7 Å². The van der Waals surface area contributed by atoms with Gasteiger partial charge in [-0.1, -0.05) is 24.1 Å². The third kappa shape index (κ3) is 6.17. The van der Waals surface area contributed by atoms with E-state index in [1.165, 1.54) is 30.5 Å². The third-order valence-electron chi connectivity index (χ3n) is 12.1. The predicted molar refractivity (Wildman–Crippen MR) is 202 cm³/mol. The lowest BCUT2D eigenvalue weighted by atomic mass is 9.95. The molecule has 4 aliphatic heterocycles. The van der Waals surface area contributed by atoms with E-state index in [2.05, 4.69) is 20.8 Å². The van der Waals surface area contributed by atoms with Gasteiger partial charge < -0.3 is 19.6 Å². The van der Waals surface area contributed by atoms with Gasteiger partial charge in [0.25, 0.3) is 5.91 Å². The number of anilines is 1. The van der Waals surface area contributed by atoms with E-state index in [0.717, 1.165) is 63.0 Å². The van der Waals surface area contributed by atoms with Crippen molar-refractivity contribution in [3.8, 4) is 35.4 Å². The summed E-state index contributed by atoms with van der Waals surface area (Å²) < 4.78 is 78.0. The number of nitrogens with zero attached hydrogens (tertiary/aromatic N) is 6. The molecule has 5 aromatic rings. The summed E-state index contributed by atoms with van der Waals surface area (Å²) >= 11 is 0. The number of hydrogen-bond acceptors (Lipinski definition) is 9. The molecule has 6 heterocycles. The molecule has 10 nitrogen and oxygen atoms in total. The molecule has 1 amide bonds. The fourth-order valence-corrected chi connectivity index (χ4v) is 9.41. The number of phenols is 1. The van der Waals surface area contributed by atoms with Crippen LogP contribution >= 0.6 is 0 Å². The molecule has 0 aliphatic carbocycles. The van der Waals surface area contributed by atoms with Crippen molar-refractivity contribution in [1.82, 2.24) is 24.8 Å². The first kappa shape index (κ1) is 36.7. The molecular weight excluding hydrogens is 745 g/mol. The number of benzene rings is 3. The van der Waals surface area contributed by atoms with E-state index in [4.69, 9.17) is 21.6 Å². The van der Waals surface area contributed by atoms with Crippen molar-refractivity contribution in [2.24, 2.45) is 0 Å². The second-order valence-corrected chi connectivity index (χ2v) is 15.3. The zero-order valence-corrected chi connectivity index (χ0v) is 30.5. The van der Waals surface area contributed by atoms with Crippen LogP contribution in [0, 0.1) is 29.4 Å². The van der Waals surface area contributed by atoms with Gasteiger partial charge in [0, 0.05) is 35.8 Å². The summed E-state index contributed by atoms with van der Waals surface area (Å²) in [7, 11) is 0. The summed E-state index contributed by atoms with van der Waals surface area (Å²) in [4.78, 5) is 33.6. The van der Waals surface area contributed by atoms with E-state index in [1.807, 2.05) is 4.90 Å². The monoisotopic (exact) mass is 781 g/mol.